The molecule has 0 unspecified atom stereocenters. The number of carbonyl (C=O) groups is 1. The molecule has 0 aromatic carbocycles. The van der Waals surface area contributed by atoms with Crippen molar-refractivity contribution in [3.63, 3.8) is 0 Å². The van der Waals surface area contributed by atoms with E-state index in [1.807, 2.05) is 6.92 Å². The molecule has 0 spiro atoms. The quantitative estimate of drug-likeness (QED) is 0.733. The van der Waals surface area contributed by atoms with Gasteiger partial charge in [-0.15, -0.1) is 0 Å². The molecule has 3 N–H and O–H groups in total. The van der Waals surface area contributed by atoms with E-state index in [9.17, 15) is 4.79 Å². The molecule has 2 aliphatic rings. The van der Waals surface area contributed by atoms with E-state index < -0.39 is 0 Å². The van der Waals surface area contributed by atoms with Crippen LogP contribution < -0.4 is 11.1 Å². The second-order valence-electron chi connectivity index (χ2n) is 5.55. The second kappa shape index (κ2) is 5.36. The molecule has 4 heteroatoms. The molecule has 1 amide bonds. The van der Waals surface area contributed by atoms with Crippen LogP contribution in [0.1, 0.15) is 45.4 Å². The first-order valence-corrected chi connectivity index (χ1v) is 6.78. The van der Waals surface area contributed by atoms with E-state index >= 15 is 0 Å². The molecule has 17 heavy (non-hydrogen) atoms. The third kappa shape index (κ3) is 2.99. The van der Waals surface area contributed by atoms with Crippen LogP contribution in [0.5, 0.6) is 0 Å². The minimum Gasteiger partial charge on any atom is -0.378 e. The number of nitrogens with two attached hydrogens (primary N) is 1. The maximum Gasteiger partial charge on any atom is 0.220 e. The SMILES string of the molecule is CCOC1CC(NC(=O)CC2(CN)CCC2)C1. The zero-order chi connectivity index (χ0) is 12.3. The molecule has 0 aliphatic heterocycles. The Bertz CT molecular complexity index is 265. The molecular formula is C13H24N2O2. The fourth-order valence-electron chi connectivity index (χ4n) is 2.80. The highest BCUT2D eigenvalue weighted by molar-refractivity contribution is 5.77. The fraction of sp³-hybridized carbons (Fsp3) is 0.923. The van der Waals surface area contributed by atoms with Gasteiger partial charge in [-0.25, -0.2) is 0 Å². The van der Waals surface area contributed by atoms with Crippen LogP contribution in [0.25, 0.3) is 0 Å². The third-order valence-corrected chi connectivity index (χ3v) is 4.25. The van der Waals surface area contributed by atoms with Crippen molar-refractivity contribution in [2.24, 2.45) is 11.1 Å². The Morgan fingerprint density at radius 2 is 2.18 bits per heavy atom. The highest BCUT2D eigenvalue weighted by Gasteiger charge is 2.38. The van der Waals surface area contributed by atoms with Gasteiger partial charge in [0.25, 0.3) is 0 Å². The largest absolute Gasteiger partial charge is 0.378 e. The highest BCUT2D eigenvalue weighted by Crippen LogP contribution is 2.42. The number of hydrogen-bond acceptors (Lipinski definition) is 3. The Morgan fingerprint density at radius 1 is 1.47 bits per heavy atom. The lowest BCUT2D eigenvalue weighted by molar-refractivity contribution is -0.127. The van der Waals surface area contributed by atoms with Crippen molar-refractivity contribution in [1.82, 2.24) is 5.32 Å². The zero-order valence-corrected chi connectivity index (χ0v) is 10.7. The zero-order valence-electron chi connectivity index (χ0n) is 10.7. The number of amides is 1. The Balaban J connectivity index is 1.65. The van der Waals surface area contributed by atoms with Gasteiger partial charge in [-0.1, -0.05) is 6.42 Å². The van der Waals surface area contributed by atoms with Crippen molar-refractivity contribution in [2.75, 3.05) is 13.2 Å². The maximum absolute atomic E-state index is 11.9. The van der Waals surface area contributed by atoms with Gasteiger partial charge in [0, 0.05) is 19.1 Å². The molecule has 2 rings (SSSR count). The van der Waals surface area contributed by atoms with Gasteiger partial charge in [0.05, 0.1) is 6.10 Å². The topological polar surface area (TPSA) is 64.3 Å². The molecule has 0 aromatic rings. The van der Waals surface area contributed by atoms with Crippen LogP contribution in [0.2, 0.25) is 0 Å². The van der Waals surface area contributed by atoms with E-state index in [0.717, 1.165) is 32.3 Å². The Labute approximate surface area is 103 Å². The van der Waals surface area contributed by atoms with Gasteiger partial charge >= 0.3 is 0 Å². The first-order chi connectivity index (χ1) is 8.17. The standard InChI is InChI=1S/C13H24N2O2/c1-2-17-11-6-10(7-11)15-12(16)8-13(9-14)4-3-5-13/h10-11H,2-9,14H2,1H3,(H,15,16). The average Bonchev–Trinajstić information content (AvgIpc) is 2.20. The van der Waals surface area contributed by atoms with Crippen molar-refractivity contribution in [3.8, 4) is 0 Å². The summed E-state index contributed by atoms with van der Waals surface area (Å²) in [5.74, 6) is 0.176. The van der Waals surface area contributed by atoms with Crippen molar-refractivity contribution >= 4 is 5.91 Å². The van der Waals surface area contributed by atoms with Crippen molar-refractivity contribution in [2.45, 2.75) is 57.6 Å². The molecule has 2 fully saturated rings. The van der Waals surface area contributed by atoms with Crippen LogP contribution in [0.15, 0.2) is 0 Å². The first-order valence-electron chi connectivity index (χ1n) is 6.78. The van der Waals surface area contributed by atoms with E-state index in [1.54, 1.807) is 0 Å². The van der Waals surface area contributed by atoms with Crippen molar-refractivity contribution in [1.29, 1.82) is 0 Å². The van der Waals surface area contributed by atoms with Crippen LogP contribution in [0.3, 0.4) is 0 Å². The molecule has 0 radical (unpaired) electrons. The van der Waals surface area contributed by atoms with Crippen LogP contribution in [0.4, 0.5) is 0 Å². The number of carbonyl (C=O) groups excluding carboxylic acids is 1. The lowest BCUT2D eigenvalue weighted by Crippen LogP contribution is -2.50. The monoisotopic (exact) mass is 240 g/mol. The average molecular weight is 240 g/mol. The molecular weight excluding hydrogens is 216 g/mol. The van der Waals surface area contributed by atoms with Crippen LogP contribution in [0, 0.1) is 5.41 Å². The van der Waals surface area contributed by atoms with E-state index in [2.05, 4.69) is 5.32 Å². The van der Waals surface area contributed by atoms with Gasteiger partial charge in [0.15, 0.2) is 0 Å². The molecule has 0 saturated heterocycles. The summed E-state index contributed by atoms with van der Waals surface area (Å²) in [4.78, 5) is 11.9. The Hall–Kier alpha value is -0.610. The second-order valence-corrected chi connectivity index (χ2v) is 5.55. The number of ether oxygens (including phenoxy) is 1. The summed E-state index contributed by atoms with van der Waals surface area (Å²) in [5.41, 5.74) is 5.87. The first kappa shape index (κ1) is 12.8. The summed E-state index contributed by atoms with van der Waals surface area (Å²) in [6, 6.07) is 0.328. The van der Waals surface area contributed by atoms with Crippen molar-refractivity contribution < 1.29 is 9.53 Å². The van der Waals surface area contributed by atoms with Gasteiger partial charge in [0.1, 0.15) is 0 Å². The number of hydrogen-bond donors (Lipinski definition) is 2. The Morgan fingerprint density at radius 3 is 2.65 bits per heavy atom. The summed E-state index contributed by atoms with van der Waals surface area (Å²) < 4.78 is 5.47. The molecule has 0 heterocycles. The lowest BCUT2D eigenvalue weighted by atomic mass is 9.66. The third-order valence-electron chi connectivity index (χ3n) is 4.25. The number of rotatable bonds is 6. The van der Waals surface area contributed by atoms with Gasteiger partial charge < -0.3 is 15.8 Å². The lowest BCUT2D eigenvalue weighted by Gasteiger charge is -2.41. The van der Waals surface area contributed by atoms with E-state index in [-0.39, 0.29) is 11.3 Å². The molecule has 4 nitrogen and oxygen atoms in total. The summed E-state index contributed by atoms with van der Waals surface area (Å²) in [6.45, 7) is 3.42. The smallest absolute Gasteiger partial charge is 0.220 e. The summed E-state index contributed by atoms with van der Waals surface area (Å²) >= 11 is 0. The summed E-state index contributed by atoms with van der Waals surface area (Å²) in [6.07, 6.45) is 6.36. The predicted octanol–water partition coefficient (Wildman–Crippen LogP) is 1.19. The maximum atomic E-state index is 11.9. The van der Waals surface area contributed by atoms with Crippen LogP contribution in [-0.2, 0) is 9.53 Å². The molecule has 0 bridgehead atoms. The predicted molar refractivity (Wildman–Crippen MR) is 66.5 cm³/mol. The van der Waals surface area contributed by atoms with Gasteiger partial charge in [-0.05, 0) is 44.6 Å². The van der Waals surface area contributed by atoms with Gasteiger partial charge in [-0.3, -0.25) is 4.79 Å². The van der Waals surface area contributed by atoms with E-state index in [4.69, 9.17) is 10.5 Å². The normalized spacial score (nSPS) is 30.2. The minimum absolute atomic E-state index is 0.118. The van der Waals surface area contributed by atoms with Crippen molar-refractivity contribution in [3.05, 3.63) is 0 Å². The molecule has 0 atom stereocenters. The minimum atomic E-state index is 0.118. The number of nitrogens with one attached hydrogen (secondary N) is 1. The van der Waals surface area contributed by atoms with E-state index in [0.29, 0.717) is 25.1 Å². The van der Waals surface area contributed by atoms with Gasteiger partial charge in [-0.2, -0.15) is 0 Å². The van der Waals surface area contributed by atoms with E-state index in [1.165, 1.54) is 6.42 Å². The van der Waals surface area contributed by atoms with Crippen LogP contribution >= 0.6 is 0 Å². The van der Waals surface area contributed by atoms with Gasteiger partial charge in [0.2, 0.25) is 5.91 Å². The Kier molecular flexibility index (Phi) is 4.05. The highest BCUT2D eigenvalue weighted by atomic mass is 16.5. The fourth-order valence-corrected chi connectivity index (χ4v) is 2.80. The molecule has 2 saturated carbocycles. The summed E-state index contributed by atoms with van der Waals surface area (Å²) in [7, 11) is 0. The summed E-state index contributed by atoms with van der Waals surface area (Å²) in [5, 5.41) is 3.09. The molecule has 2 aliphatic carbocycles. The molecule has 0 aromatic heterocycles. The molecule has 98 valence electrons. The van der Waals surface area contributed by atoms with Crippen LogP contribution in [-0.4, -0.2) is 31.2 Å².